The first-order chi connectivity index (χ1) is 33.4. The van der Waals surface area contributed by atoms with Crippen LogP contribution in [-0.4, -0.2) is 102 Å². The largest absolute Gasteiger partial charge is 0.475 e. The summed E-state index contributed by atoms with van der Waals surface area (Å²) in [5, 5.41) is 15.1. The standard InChI is InChI=1S/C44H44N12O10P2S/c1-26-31-20-62-68(69,61-18-16-46-3)66-36-27(2)34(55-24-51-32-37(47-22-49-39(32)55)53-41(57)28-11-6-4-7-12-28)30-19-44(30,36)21-63-67(59,60-17-10-15-45)65-35(26)43(64-31)56-25-52-33-38(48-23-50-40(33)56)54-42(58)29-13-8-5-9-14-29/h4-9,11-14,22-27,30-31,34-36,43H,10,16-21H2,1-2H3,(H,47,49,53,57)(H,48,50,54,58)/t26-,27+,30-,31-,34+,35-,36+,43-,44-,67?,68?/m1/s1. The van der Waals surface area contributed by atoms with E-state index in [0.717, 1.165) is 0 Å². The Morgan fingerprint density at radius 3 is 2.12 bits per heavy atom. The van der Waals surface area contributed by atoms with Gasteiger partial charge in [0.15, 0.2) is 40.2 Å². The van der Waals surface area contributed by atoms with Gasteiger partial charge in [-0.15, -0.1) is 0 Å². The molecule has 4 aromatic heterocycles. The lowest BCUT2D eigenvalue weighted by molar-refractivity contribution is -0.0581. The fourth-order valence-corrected chi connectivity index (χ4v) is 13.3. The number of nitrogens with zero attached hydrogens (tertiary/aromatic N) is 10. The Bertz CT molecular complexity index is 3100. The minimum absolute atomic E-state index is 0.00437. The van der Waals surface area contributed by atoms with Crippen molar-refractivity contribution in [3.05, 3.63) is 109 Å². The third-order valence-electron chi connectivity index (χ3n) is 13.0. The maximum Gasteiger partial charge on any atom is 0.475 e. The lowest BCUT2D eigenvalue weighted by Crippen LogP contribution is -2.33. The second-order valence-corrected chi connectivity index (χ2v) is 21.7. The number of amides is 2. The molecule has 1 spiro atoms. The molecule has 4 fully saturated rings. The molecule has 25 heteroatoms. The van der Waals surface area contributed by atoms with Crippen LogP contribution in [0.3, 0.4) is 0 Å². The van der Waals surface area contributed by atoms with Crippen LogP contribution in [0.2, 0.25) is 0 Å². The van der Waals surface area contributed by atoms with Crippen LogP contribution in [0, 0.1) is 41.1 Å². The molecule has 11 atom stereocenters. The zero-order chi connectivity index (χ0) is 47.9. The van der Waals surface area contributed by atoms with Gasteiger partial charge in [0, 0.05) is 34.4 Å². The quantitative estimate of drug-likeness (QED) is 0.0717. The first-order valence-electron chi connectivity index (χ1n) is 22.0. The number of nitrogens with one attached hydrogen (secondary N) is 2. The van der Waals surface area contributed by atoms with Crippen molar-refractivity contribution in [1.29, 1.82) is 5.26 Å². The highest BCUT2D eigenvalue weighted by Gasteiger charge is 2.73. The number of ether oxygens (including phenoxy) is 1. The van der Waals surface area contributed by atoms with E-state index >= 15 is 4.57 Å². The Labute approximate surface area is 399 Å². The average Bonchev–Trinajstić information content (AvgIpc) is 3.62. The molecule has 2 bridgehead atoms. The molecule has 2 aliphatic carbocycles. The van der Waals surface area contributed by atoms with E-state index in [1.807, 2.05) is 30.6 Å². The van der Waals surface area contributed by atoms with Gasteiger partial charge in [-0.1, -0.05) is 50.2 Å². The highest BCUT2D eigenvalue weighted by Crippen LogP contribution is 2.74. The molecule has 2 unspecified atom stereocenters. The van der Waals surface area contributed by atoms with Crippen molar-refractivity contribution >= 4 is 72.1 Å². The molecule has 2 saturated carbocycles. The van der Waals surface area contributed by atoms with E-state index in [1.54, 1.807) is 65.5 Å². The number of hydrogen-bond acceptors (Lipinski definition) is 18. The number of anilines is 2. The highest BCUT2D eigenvalue weighted by molar-refractivity contribution is 8.07. The molecule has 2 saturated heterocycles. The predicted molar refractivity (Wildman–Crippen MR) is 248 cm³/mol. The molecule has 2 N–H and O–H groups in total. The monoisotopic (exact) mass is 994 g/mol. The number of benzene rings is 2. The molecule has 6 heterocycles. The summed E-state index contributed by atoms with van der Waals surface area (Å²) in [6.45, 7) is 6.81. The van der Waals surface area contributed by atoms with Crippen LogP contribution in [0.5, 0.6) is 0 Å². The maximum atomic E-state index is 15.2. The molecular weight excluding hydrogens is 951 g/mol. The van der Waals surface area contributed by atoms with E-state index < -0.39 is 56.3 Å². The summed E-state index contributed by atoms with van der Waals surface area (Å²) in [5.41, 5.74) is 1.32. The smallest absolute Gasteiger partial charge is 0.349 e. The molecule has 0 radical (unpaired) electrons. The highest BCUT2D eigenvalue weighted by atomic mass is 32.5. The molecule has 2 aliphatic heterocycles. The second-order valence-electron chi connectivity index (χ2n) is 17.1. The van der Waals surface area contributed by atoms with Crippen LogP contribution in [0.15, 0.2) is 86.0 Å². The summed E-state index contributed by atoms with van der Waals surface area (Å²) in [4.78, 5) is 56.8. The minimum atomic E-state index is -4.57. The first-order valence-corrected chi connectivity index (χ1v) is 26.0. The van der Waals surface area contributed by atoms with E-state index in [9.17, 15) is 14.9 Å². The molecule has 2 aromatic carbocycles. The van der Waals surface area contributed by atoms with Gasteiger partial charge in [0.1, 0.15) is 25.4 Å². The first kappa shape index (κ1) is 46.8. The van der Waals surface area contributed by atoms with Crippen molar-refractivity contribution in [2.24, 2.45) is 23.2 Å². The molecule has 10 rings (SSSR count). The number of hydrogen-bond donors (Lipinski definition) is 2. The van der Waals surface area contributed by atoms with Crippen LogP contribution < -0.4 is 10.6 Å². The van der Waals surface area contributed by atoms with Crippen molar-refractivity contribution in [2.45, 2.75) is 57.3 Å². The third-order valence-corrected chi connectivity index (χ3v) is 16.8. The van der Waals surface area contributed by atoms with E-state index in [2.05, 4.69) is 45.4 Å². The lowest BCUT2D eigenvalue weighted by Gasteiger charge is -2.34. The van der Waals surface area contributed by atoms with Crippen LogP contribution >= 0.6 is 14.5 Å². The predicted octanol–water partition coefficient (Wildman–Crippen LogP) is 6.92. The summed E-state index contributed by atoms with van der Waals surface area (Å²) < 4.78 is 63.8. The van der Waals surface area contributed by atoms with Crippen LogP contribution in [-0.2, 0) is 48.3 Å². The summed E-state index contributed by atoms with van der Waals surface area (Å²) in [7, 11) is -4.57. The van der Waals surface area contributed by atoms with E-state index in [-0.39, 0.29) is 86.0 Å². The van der Waals surface area contributed by atoms with E-state index in [0.29, 0.717) is 28.7 Å². The molecule has 2 amide bonds. The van der Waals surface area contributed by atoms with Gasteiger partial charge in [0.25, 0.3) is 11.8 Å². The molecule has 22 nitrogen and oxygen atoms in total. The second kappa shape index (κ2) is 19.1. The third kappa shape index (κ3) is 8.96. The van der Waals surface area contributed by atoms with Gasteiger partial charge in [-0.3, -0.25) is 27.7 Å². The van der Waals surface area contributed by atoms with Gasteiger partial charge in [-0.25, -0.2) is 41.0 Å². The Kier molecular flexibility index (Phi) is 12.9. The van der Waals surface area contributed by atoms with Crippen LogP contribution in [0.4, 0.5) is 11.6 Å². The average molecular weight is 995 g/mol. The summed E-state index contributed by atoms with van der Waals surface area (Å²) in [6, 6.07) is 19.0. The molecule has 69 heavy (non-hydrogen) atoms. The van der Waals surface area contributed by atoms with Gasteiger partial charge in [0.2, 0.25) is 6.54 Å². The maximum absolute atomic E-state index is 15.2. The number of fused-ring (bicyclic) bond motifs is 4. The molecule has 4 aliphatic rings. The Morgan fingerprint density at radius 2 is 1.49 bits per heavy atom. The number of phosphoric acid groups is 1. The van der Waals surface area contributed by atoms with Crippen molar-refractivity contribution in [2.75, 3.05) is 43.6 Å². The van der Waals surface area contributed by atoms with Gasteiger partial charge in [0.05, 0.1) is 57.2 Å². The number of imidazole rings is 2. The van der Waals surface area contributed by atoms with Gasteiger partial charge < -0.3 is 38.4 Å². The number of aromatic nitrogens is 8. The number of rotatable bonds is 12. The van der Waals surface area contributed by atoms with Gasteiger partial charge in [-0.05, 0) is 48.4 Å². The number of carbonyl (C=O) groups is 2. The fourth-order valence-electron chi connectivity index (χ4n) is 9.60. The molecule has 356 valence electrons. The normalized spacial score (nSPS) is 30.7. The SMILES string of the molecule is [C-]#[N+]CCOP1(=S)OC[C@H]2O[C@@H](n3cnc4c(NC(=O)c5ccccc5)ncnc43)[C@H](OP(=O)(OCCC#N)OC[C@]34C[C@@H]3[C@@H](n3cnc5c(NC(=O)c6ccccc6)ncnc53)[C@H](C)[C@@H]4O1)[C@@H]2C. The molecule has 6 aromatic rings. The van der Waals surface area contributed by atoms with Crippen molar-refractivity contribution in [3.8, 4) is 6.07 Å². The number of nitriles is 1. The zero-order valence-electron chi connectivity index (χ0n) is 37.0. The summed E-state index contributed by atoms with van der Waals surface area (Å²) in [5.74, 6) is -1.54. The topological polar surface area (TPSA) is 255 Å². The summed E-state index contributed by atoms with van der Waals surface area (Å²) in [6.07, 6.45) is 2.43. The Hall–Kier alpha value is -5.94. The lowest BCUT2D eigenvalue weighted by atomic mass is 9.94. The van der Waals surface area contributed by atoms with Crippen LogP contribution in [0.1, 0.15) is 59.7 Å². The number of phosphoric ester groups is 1. The summed E-state index contributed by atoms with van der Waals surface area (Å²) >= 11 is 6.17. The van der Waals surface area contributed by atoms with Crippen molar-refractivity contribution in [3.63, 3.8) is 0 Å². The van der Waals surface area contributed by atoms with E-state index in [4.69, 9.17) is 50.3 Å². The number of carbonyl (C=O) groups excluding carboxylic acids is 2. The fraction of sp³-hybridized carbons (Fsp3) is 0.409. The van der Waals surface area contributed by atoms with Crippen molar-refractivity contribution < 1.29 is 46.0 Å². The Morgan fingerprint density at radius 1 is 0.870 bits per heavy atom. The van der Waals surface area contributed by atoms with E-state index in [1.165, 1.54) is 19.0 Å². The zero-order valence-corrected chi connectivity index (χ0v) is 39.6. The minimum Gasteiger partial charge on any atom is -0.349 e. The molecular formula is C44H44N12O10P2S. The van der Waals surface area contributed by atoms with Crippen LogP contribution in [0.25, 0.3) is 27.2 Å². The van der Waals surface area contributed by atoms with Gasteiger partial charge >= 0.3 is 14.5 Å². The van der Waals surface area contributed by atoms with Crippen molar-refractivity contribution in [1.82, 2.24) is 39.0 Å². The van der Waals surface area contributed by atoms with Gasteiger partial charge in [-0.2, -0.15) is 5.26 Å². The Balaban J connectivity index is 0.988.